The zero-order chi connectivity index (χ0) is 13.6. The monoisotopic (exact) mass is 267 g/mol. The SMILES string of the molecule is CCCc1nc(Cl)cc(NC2C(C)(C)C2(C)C)n1. The van der Waals surface area contributed by atoms with Crippen LogP contribution in [0.15, 0.2) is 6.07 Å². The molecule has 1 heterocycles. The molecule has 1 aromatic rings. The van der Waals surface area contributed by atoms with Gasteiger partial charge < -0.3 is 5.32 Å². The fraction of sp³-hybridized carbons (Fsp3) is 0.714. The quantitative estimate of drug-likeness (QED) is 0.840. The highest BCUT2D eigenvalue weighted by Crippen LogP contribution is 2.63. The number of hydrogen-bond donors (Lipinski definition) is 1. The van der Waals surface area contributed by atoms with Crippen LogP contribution in [0.25, 0.3) is 0 Å². The van der Waals surface area contributed by atoms with Gasteiger partial charge in [-0.3, -0.25) is 0 Å². The maximum atomic E-state index is 6.04. The van der Waals surface area contributed by atoms with Gasteiger partial charge in [-0.05, 0) is 17.3 Å². The molecule has 1 N–H and O–H groups in total. The van der Waals surface area contributed by atoms with Gasteiger partial charge in [0.1, 0.15) is 16.8 Å². The maximum Gasteiger partial charge on any atom is 0.134 e. The van der Waals surface area contributed by atoms with Crippen molar-refractivity contribution in [3.05, 3.63) is 17.0 Å². The van der Waals surface area contributed by atoms with Crippen molar-refractivity contribution in [2.75, 3.05) is 5.32 Å². The first kappa shape index (κ1) is 13.6. The highest BCUT2D eigenvalue weighted by Gasteiger charge is 2.65. The number of halogens is 1. The summed E-state index contributed by atoms with van der Waals surface area (Å²) in [7, 11) is 0. The smallest absolute Gasteiger partial charge is 0.134 e. The number of aromatic nitrogens is 2. The van der Waals surface area contributed by atoms with Crippen LogP contribution < -0.4 is 5.32 Å². The first-order valence-corrected chi connectivity index (χ1v) is 6.97. The normalized spacial score (nSPS) is 20.8. The summed E-state index contributed by atoms with van der Waals surface area (Å²) in [5, 5.41) is 4.02. The molecule has 1 fully saturated rings. The fourth-order valence-corrected chi connectivity index (χ4v) is 2.78. The summed E-state index contributed by atoms with van der Waals surface area (Å²) < 4.78 is 0. The van der Waals surface area contributed by atoms with Gasteiger partial charge in [-0.25, -0.2) is 9.97 Å². The Kier molecular flexibility index (Phi) is 3.30. The summed E-state index contributed by atoms with van der Waals surface area (Å²) in [5.74, 6) is 1.67. The molecule has 0 spiro atoms. The van der Waals surface area contributed by atoms with Gasteiger partial charge >= 0.3 is 0 Å². The first-order valence-electron chi connectivity index (χ1n) is 6.59. The van der Waals surface area contributed by atoms with Crippen LogP contribution in [-0.4, -0.2) is 16.0 Å². The molecule has 0 amide bonds. The Labute approximate surface area is 114 Å². The van der Waals surface area contributed by atoms with Crippen molar-refractivity contribution < 1.29 is 0 Å². The number of anilines is 1. The van der Waals surface area contributed by atoms with E-state index in [1.165, 1.54) is 0 Å². The van der Waals surface area contributed by atoms with Crippen LogP contribution in [0.3, 0.4) is 0 Å². The zero-order valence-electron chi connectivity index (χ0n) is 11.8. The van der Waals surface area contributed by atoms with Gasteiger partial charge in [0.05, 0.1) is 0 Å². The second-order valence-corrected chi connectivity index (χ2v) is 6.65. The summed E-state index contributed by atoms with van der Waals surface area (Å²) in [4.78, 5) is 8.77. The Hall–Kier alpha value is -0.830. The number of nitrogens with one attached hydrogen (secondary N) is 1. The van der Waals surface area contributed by atoms with E-state index in [4.69, 9.17) is 11.6 Å². The van der Waals surface area contributed by atoms with Crippen LogP contribution in [-0.2, 0) is 6.42 Å². The van der Waals surface area contributed by atoms with Gasteiger partial charge in [0, 0.05) is 18.5 Å². The lowest BCUT2D eigenvalue weighted by Crippen LogP contribution is -2.12. The van der Waals surface area contributed by atoms with Gasteiger partial charge in [0.2, 0.25) is 0 Å². The molecule has 0 radical (unpaired) electrons. The van der Waals surface area contributed by atoms with Crippen molar-refractivity contribution in [1.82, 2.24) is 9.97 Å². The number of aryl methyl sites for hydroxylation is 1. The molecule has 1 aliphatic carbocycles. The second kappa shape index (κ2) is 4.37. The van der Waals surface area contributed by atoms with E-state index in [-0.39, 0.29) is 10.8 Å². The predicted octanol–water partition coefficient (Wildman–Crippen LogP) is 3.93. The Morgan fingerprint density at radius 2 is 1.83 bits per heavy atom. The van der Waals surface area contributed by atoms with E-state index < -0.39 is 0 Å². The molecule has 100 valence electrons. The molecule has 0 aliphatic heterocycles. The topological polar surface area (TPSA) is 37.8 Å². The molecule has 1 aromatic heterocycles. The molecular weight excluding hydrogens is 246 g/mol. The standard InChI is InChI=1S/C14H22ClN3/c1-6-7-10-16-9(15)8-11(17-10)18-12-13(2,3)14(12,4)5/h8,12H,6-7H2,1-5H3,(H,16,17,18). The van der Waals surface area contributed by atoms with Crippen molar-refractivity contribution in [2.24, 2.45) is 10.8 Å². The minimum Gasteiger partial charge on any atom is -0.366 e. The van der Waals surface area contributed by atoms with E-state index in [0.717, 1.165) is 24.5 Å². The number of rotatable bonds is 4. The molecule has 1 aliphatic rings. The molecule has 0 bridgehead atoms. The van der Waals surface area contributed by atoms with Crippen molar-refractivity contribution in [1.29, 1.82) is 0 Å². The molecule has 0 atom stereocenters. The third kappa shape index (κ3) is 2.20. The minimum absolute atomic E-state index is 0.287. The van der Waals surface area contributed by atoms with Gasteiger partial charge in [-0.2, -0.15) is 0 Å². The van der Waals surface area contributed by atoms with E-state index >= 15 is 0 Å². The van der Waals surface area contributed by atoms with E-state index in [1.807, 2.05) is 6.07 Å². The van der Waals surface area contributed by atoms with Gasteiger partial charge in [0.15, 0.2) is 0 Å². The molecular formula is C14H22ClN3. The highest BCUT2D eigenvalue weighted by molar-refractivity contribution is 6.29. The third-order valence-corrected chi connectivity index (χ3v) is 4.72. The van der Waals surface area contributed by atoms with Crippen molar-refractivity contribution in [3.63, 3.8) is 0 Å². The number of hydrogen-bond acceptors (Lipinski definition) is 3. The predicted molar refractivity (Wildman–Crippen MR) is 76.0 cm³/mol. The molecule has 2 rings (SSSR count). The second-order valence-electron chi connectivity index (χ2n) is 6.26. The van der Waals surface area contributed by atoms with E-state index in [1.54, 1.807) is 0 Å². The fourth-order valence-electron chi connectivity index (χ4n) is 2.58. The largest absolute Gasteiger partial charge is 0.366 e. The van der Waals surface area contributed by atoms with Crippen molar-refractivity contribution in [2.45, 2.75) is 53.5 Å². The maximum absolute atomic E-state index is 6.04. The molecule has 0 aromatic carbocycles. The van der Waals surface area contributed by atoms with E-state index in [2.05, 4.69) is 49.9 Å². The summed E-state index contributed by atoms with van der Waals surface area (Å²) in [6, 6.07) is 2.25. The lowest BCUT2D eigenvalue weighted by Gasteiger charge is -2.09. The molecule has 1 saturated carbocycles. The summed E-state index contributed by atoms with van der Waals surface area (Å²) >= 11 is 6.04. The highest BCUT2D eigenvalue weighted by atomic mass is 35.5. The Morgan fingerprint density at radius 3 is 2.33 bits per heavy atom. The van der Waals surface area contributed by atoms with Crippen LogP contribution in [0.4, 0.5) is 5.82 Å². The van der Waals surface area contributed by atoms with Gasteiger partial charge in [0.25, 0.3) is 0 Å². The van der Waals surface area contributed by atoms with Crippen molar-refractivity contribution in [3.8, 4) is 0 Å². The zero-order valence-corrected chi connectivity index (χ0v) is 12.6. The molecule has 18 heavy (non-hydrogen) atoms. The summed E-state index contributed by atoms with van der Waals surface area (Å²) in [5.41, 5.74) is 0.574. The lowest BCUT2D eigenvalue weighted by atomic mass is 10.0. The average molecular weight is 268 g/mol. The van der Waals surface area contributed by atoms with Gasteiger partial charge in [-0.15, -0.1) is 0 Å². The number of nitrogens with zero attached hydrogens (tertiary/aromatic N) is 2. The van der Waals surface area contributed by atoms with Gasteiger partial charge in [-0.1, -0.05) is 46.2 Å². The first-order chi connectivity index (χ1) is 8.29. The van der Waals surface area contributed by atoms with Crippen LogP contribution in [0.5, 0.6) is 0 Å². The molecule has 3 nitrogen and oxygen atoms in total. The average Bonchev–Trinajstić information content (AvgIpc) is 2.60. The Bertz CT molecular complexity index is 440. The molecule has 0 saturated heterocycles. The van der Waals surface area contributed by atoms with Crippen LogP contribution in [0.2, 0.25) is 5.15 Å². The third-order valence-electron chi connectivity index (χ3n) is 4.53. The Balaban J connectivity index is 2.16. The van der Waals surface area contributed by atoms with Crippen LogP contribution in [0.1, 0.15) is 46.9 Å². The Morgan fingerprint density at radius 1 is 1.22 bits per heavy atom. The lowest BCUT2D eigenvalue weighted by molar-refractivity contribution is 0.457. The van der Waals surface area contributed by atoms with E-state index in [0.29, 0.717) is 11.2 Å². The van der Waals surface area contributed by atoms with Crippen LogP contribution >= 0.6 is 11.6 Å². The van der Waals surface area contributed by atoms with Crippen molar-refractivity contribution >= 4 is 17.4 Å². The molecule has 0 unspecified atom stereocenters. The summed E-state index contributed by atoms with van der Waals surface area (Å²) in [6.07, 6.45) is 1.90. The summed E-state index contributed by atoms with van der Waals surface area (Å²) in [6.45, 7) is 11.2. The van der Waals surface area contributed by atoms with E-state index in [9.17, 15) is 0 Å². The minimum atomic E-state index is 0.287. The molecule has 4 heteroatoms. The van der Waals surface area contributed by atoms with Crippen LogP contribution in [0, 0.1) is 10.8 Å².